The molecule has 0 radical (unpaired) electrons. The number of benzene rings is 1. The van der Waals surface area contributed by atoms with Crippen molar-refractivity contribution in [1.29, 1.82) is 0 Å². The topological polar surface area (TPSA) is 24.9 Å². The van der Waals surface area contributed by atoms with E-state index in [9.17, 15) is 0 Å². The first-order valence-corrected chi connectivity index (χ1v) is 8.87. The fourth-order valence-electron chi connectivity index (χ4n) is 2.06. The van der Waals surface area contributed by atoms with E-state index in [1.807, 2.05) is 11.8 Å². The smallest absolute Gasteiger partial charge is 0.0897 e. The highest BCUT2D eigenvalue weighted by molar-refractivity contribution is 7.99. The molecule has 20 heavy (non-hydrogen) atoms. The molecule has 1 N–H and O–H groups in total. The van der Waals surface area contributed by atoms with Gasteiger partial charge in [0.1, 0.15) is 0 Å². The third kappa shape index (κ3) is 4.93. The molecule has 0 saturated carbocycles. The Balaban J connectivity index is 1.90. The van der Waals surface area contributed by atoms with E-state index in [-0.39, 0.29) is 0 Å². The maximum absolute atomic E-state index is 4.57. The number of hydrogen-bond donors (Lipinski definition) is 1. The SMILES string of the molecule is CCNC(CSc1ccc(C)cc1)Cc1csc(C)n1. The zero-order valence-corrected chi connectivity index (χ0v) is 14.0. The van der Waals surface area contributed by atoms with Crippen molar-refractivity contribution in [2.24, 2.45) is 0 Å². The van der Waals surface area contributed by atoms with Crippen LogP contribution < -0.4 is 5.32 Å². The highest BCUT2D eigenvalue weighted by Crippen LogP contribution is 2.20. The summed E-state index contributed by atoms with van der Waals surface area (Å²) >= 11 is 3.65. The summed E-state index contributed by atoms with van der Waals surface area (Å²) in [6.45, 7) is 7.36. The Bertz CT molecular complexity index is 520. The van der Waals surface area contributed by atoms with Crippen molar-refractivity contribution in [3.63, 3.8) is 0 Å². The minimum Gasteiger partial charge on any atom is -0.313 e. The Kier molecular flexibility index (Phi) is 6.07. The number of likely N-dealkylation sites (N-methyl/N-ethyl adjacent to an activating group) is 1. The lowest BCUT2D eigenvalue weighted by molar-refractivity contribution is 0.567. The molecule has 2 nitrogen and oxygen atoms in total. The Morgan fingerprint density at radius 1 is 1.25 bits per heavy atom. The van der Waals surface area contributed by atoms with Gasteiger partial charge in [-0.3, -0.25) is 0 Å². The molecule has 1 aromatic heterocycles. The molecule has 0 fully saturated rings. The first-order chi connectivity index (χ1) is 9.67. The summed E-state index contributed by atoms with van der Waals surface area (Å²) in [6.07, 6.45) is 1.01. The van der Waals surface area contributed by atoms with Crippen LogP contribution in [0.2, 0.25) is 0 Å². The van der Waals surface area contributed by atoms with Crippen LogP contribution in [-0.2, 0) is 6.42 Å². The van der Waals surface area contributed by atoms with Gasteiger partial charge in [0.05, 0.1) is 10.7 Å². The molecular formula is C16H22N2S2. The molecule has 2 rings (SSSR count). The quantitative estimate of drug-likeness (QED) is 0.780. The first-order valence-electron chi connectivity index (χ1n) is 7.01. The van der Waals surface area contributed by atoms with Crippen LogP contribution in [0, 0.1) is 13.8 Å². The van der Waals surface area contributed by atoms with Crippen molar-refractivity contribution in [2.45, 2.75) is 38.1 Å². The van der Waals surface area contributed by atoms with E-state index in [1.54, 1.807) is 11.3 Å². The number of hydrogen-bond acceptors (Lipinski definition) is 4. The molecule has 0 aliphatic rings. The third-order valence-corrected chi connectivity index (χ3v) is 5.08. The van der Waals surface area contributed by atoms with E-state index < -0.39 is 0 Å². The largest absolute Gasteiger partial charge is 0.313 e. The predicted molar refractivity (Wildman–Crippen MR) is 89.9 cm³/mol. The summed E-state index contributed by atoms with van der Waals surface area (Å²) < 4.78 is 0. The Morgan fingerprint density at radius 2 is 2.00 bits per heavy atom. The molecule has 1 heterocycles. The molecule has 1 atom stereocenters. The highest BCUT2D eigenvalue weighted by atomic mass is 32.2. The van der Waals surface area contributed by atoms with Crippen LogP contribution in [0.15, 0.2) is 34.5 Å². The fraction of sp³-hybridized carbons (Fsp3) is 0.438. The lowest BCUT2D eigenvalue weighted by Crippen LogP contribution is -2.33. The number of thiazole rings is 1. The van der Waals surface area contributed by atoms with Crippen LogP contribution in [0.25, 0.3) is 0 Å². The van der Waals surface area contributed by atoms with E-state index in [0.717, 1.165) is 23.7 Å². The number of nitrogens with zero attached hydrogens (tertiary/aromatic N) is 1. The summed E-state index contributed by atoms with van der Waals surface area (Å²) in [7, 11) is 0. The Hall–Kier alpha value is -0.840. The van der Waals surface area contributed by atoms with Gasteiger partial charge in [0.25, 0.3) is 0 Å². The number of aryl methyl sites for hydroxylation is 2. The molecule has 4 heteroatoms. The molecule has 0 aliphatic carbocycles. The molecule has 0 bridgehead atoms. The predicted octanol–water partition coefficient (Wildman–Crippen LogP) is 4.07. The van der Waals surface area contributed by atoms with Crippen molar-refractivity contribution < 1.29 is 0 Å². The second-order valence-corrected chi connectivity index (χ2v) is 7.10. The van der Waals surface area contributed by atoms with Crippen LogP contribution in [-0.4, -0.2) is 23.3 Å². The molecule has 0 spiro atoms. The van der Waals surface area contributed by atoms with E-state index in [0.29, 0.717) is 6.04 Å². The second kappa shape index (κ2) is 7.81. The minimum atomic E-state index is 0.479. The molecular weight excluding hydrogens is 284 g/mol. The maximum Gasteiger partial charge on any atom is 0.0897 e. The van der Waals surface area contributed by atoms with Crippen LogP contribution in [0.3, 0.4) is 0 Å². The van der Waals surface area contributed by atoms with E-state index >= 15 is 0 Å². The van der Waals surface area contributed by atoms with Gasteiger partial charge in [-0.1, -0.05) is 24.6 Å². The van der Waals surface area contributed by atoms with E-state index in [2.05, 4.69) is 60.7 Å². The van der Waals surface area contributed by atoms with Gasteiger partial charge >= 0.3 is 0 Å². The normalized spacial score (nSPS) is 12.6. The highest BCUT2D eigenvalue weighted by Gasteiger charge is 2.11. The number of aromatic nitrogens is 1. The molecule has 0 saturated heterocycles. The molecule has 1 unspecified atom stereocenters. The van der Waals surface area contributed by atoms with Gasteiger partial charge in [-0.2, -0.15) is 0 Å². The van der Waals surface area contributed by atoms with Crippen LogP contribution in [0.5, 0.6) is 0 Å². The van der Waals surface area contributed by atoms with Crippen molar-refractivity contribution >= 4 is 23.1 Å². The lowest BCUT2D eigenvalue weighted by Gasteiger charge is -2.16. The standard InChI is InChI=1S/C16H22N2S2/c1-4-17-14(9-15-11-19-13(3)18-15)10-20-16-7-5-12(2)6-8-16/h5-8,11,14,17H,4,9-10H2,1-3H3. The maximum atomic E-state index is 4.57. The van der Waals surface area contributed by atoms with Crippen LogP contribution in [0.1, 0.15) is 23.2 Å². The number of thioether (sulfide) groups is 1. The molecule has 108 valence electrons. The summed E-state index contributed by atoms with van der Waals surface area (Å²) in [5.74, 6) is 1.08. The van der Waals surface area contributed by atoms with Gasteiger partial charge in [-0.25, -0.2) is 4.98 Å². The monoisotopic (exact) mass is 306 g/mol. The van der Waals surface area contributed by atoms with Gasteiger partial charge in [-0.15, -0.1) is 23.1 Å². The van der Waals surface area contributed by atoms with Gasteiger partial charge in [0, 0.05) is 28.5 Å². The van der Waals surface area contributed by atoms with E-state index in [1.165, 1.54) is 16.2 Å². The molecule has 0 amide bonds. The van der Waals surface area contributed by atoms with Crippen molar-refractivity contribution in [1.82, 2.24) is 10.3 Å². The number of rotatable bonds is 7. The minimum absolute atomic E-state index is 0.479. The van der Waals surface area contributed by atoms with Crippen LogP contribution in [0.4, 0.5) is 0 Å². The summed E-state index contributed by atoms with van der Waals surface area (Å²) in [4.78, 5) is 5.91. The van der Waals surface area contributed by atoms with Gasteiger partial charge in [0.2, 0.25) is 0 Å². The average Bonchev–Trinajstić information content (AvgIpc) is 2.83. The van der Waals surface area contributed by atoms with Crippen molar-refractivity contribution in [3.05, 3.63) is 45.9 Å². The van der Waals surface area contributed by atoms with Crippen LogP contribution >= 0.6 is 23.1 Å². The molecule has 0 aliphatic heterocycles. The van der Waals surface area contributed by atoms with E-state index in [4.69, 9.17) is 0 Å². The Labute approximate surface area is 130 Å². The van der Waals surface area contributed by atoms with Crippen molar-refractivity contribution in [2.75, 3.05) is 12.3 Å². The first kappa shape index (κ1) is 15.5. The zero-order chi connectivity index (χ0) is 14.4. The van der Waals surface area contributed by atoms with Gasteiger partial charge in [-0.05, 0) is 32.5 Å². The lowest BCUT2D eigenvalue weighted by atomic mass is 10.2. The summed E-state index contributed by atoms with van der Waals surface area (Å²) in [5, 5.41) is 6.90. The summed E-state index contributed by atoms with van der Waals surface area (Å²) in [5.41, 5.74) is 2.53. The fourth-order valence-corrected chi connectivity index (χ4v) is 3.65. The zero-order valence-electron chi connectivity index (χ0n) is 12.3. The third-order valence-electron chi connectivity index (χ3n) is 3.09. The second-order valence-electron chi connectivity index (χ2n) is 4.94. The molecule has 2 aromatic rings. The van der Waals surface area contributed by atoms with Gasteiger partial charge < -0.3 is 5.32 Å². The average molecular weight is 307 g/mol. The van der Waals surface area contributed by atoms with Crippen molar-refractivity contribution in [3.8, 4) is 0 Å². The number of nitrogens with one attached hydrogen (secondary N) is 1. The summed E-state index contributed by atoms with van der Waals surface area (Å²) in [6, 6.07) is 9.24. The van der Waals surface area contributed by atoms with Gasteiger partial charge in [0.15, 0.2) is 0 Å². The Morgan fingerprint density at radius 3 is 2.60 bits per heavy atom. The molecule has 1 aromatic carbocycles.